The van der Waals surface area contributed by atoms with E-state index >= 15 is 0 Å². The van der Waals surface area contributed by atoms with Crippen molar-refractivity contribution in [2.75, 3.05) is 19.8 Å². The van der Waals surface area contributed by atoms with Gasteiger partial charge in [-0.05, 0) is 24.3 Å². The lowest BCUT2D eigenvalue weighted by atomic mass is 10.3. The lowest BCUT2D eigenvalue weighted by Crippen LogP contribution is -2.33. The lowest BCUT2D eigenvalue weighted by molar-refractivity contribution is -0.124. The summed E-state index contributed by atoms with van der Waals surface area (Å²) in [7, 11) is -3.90. The Morgan fingerprint density at radius 1 is 1.13 bits per heavy atom. The number of ether oxygens (including phenoxy) is 2. The van der Waals surface area contributed by atoms with Crippen molar-refractivity contribution < 1.29 is 22.7 Å². The lowest BCUT2D eigenvalue weighted by Gasteiger charge is -2.07. The third-order valence-electron chi connectivity index (χ3n) is 2.53. The molecule has 2 rings (SSSR count). The molecule has 23 heavy (non-hydrogen) atoms. The quantitative estimate of drug-likeness (QED) is 0.716. The van der Waals surface area contributed by atoms with Crippen molar-refractivity contribution in [1.82, 2.24) is 4.72 Å². The van der Waals surface area contributed by atoms with E-state index in [2.05, 4.69) is 0 Å². The van der Waals surface area contributed by atoms with Crippen LogP contribution in [0.1, 0.15) is 0 Å². The Morgan fingerprint density at radius 3 is 2.52 bits per heavy atom. The zero-order valence-corrected chi connectivity index (χ0v) is 14.3. The Labute approximate surface area is 143 Å². The molecule has 1 heterocycles. The summed E-state index contributed by atoms with van der Waals surface area (Å²) in [6, 6.07) is 11.9. The van der Waals surface area contributed by atoms with E-state index in [1.54, 1.807) is 12.1 Å². The molecule has 0 aliphatic rings. The molecule has 0 aliphatic carbocycles. The molecule has 1 N–H and O–H groups in total. The number of para-hydroxylation sites is 1. The second-order valence-corrected chi connectivity index (χ2v) is 7.93. The molecule has 0 bridgehead atoms. The average molecular weight is 376 g/mol. The second kappa shape index (κ2) is 8.30. The third kappa shape index (κ3) is 5.83. The minimum absolute atomic E-state index is 0.0248. The van der Waals surface area contributed by atoms with Gasteiger partial charge in [-0.3, -0.25) is 4.79 Å². The molecule has 0 saturated carbocycles. The van der Waals surface area contributed by atoms with Gasteiger partial charge in [-0.25, -0.2) is 13.1 Å². The number of nitrogens with one attached hydrogen (secondary N) is 1. The summed E-state index contributed by atoms with van der Waals surface area (Å²) in [5.41, 5.74) is 0. The van der Waals surface area contributed by atoms with E-state index in [4.69, 9.17) is 21.1 Å². The van der Waals surface area contributed by atoms with E-state index in [9.17, 15) is 13.2 Å². The zero-order valence-electron chi connectivity index (χ0n) is 11.9. The molecule has 124 valence electrons. The molecule has 0 unspecified atom stereocenters. The van der Waals surface area contributed by atoms with E-state index in [0.29, 0.717) is 10.1 Å². The van der Waals surface area contributed by atoms with Gasteiger partial charge in [0.25, 0.3) is 15.9 Å². The number of amides is 1. The predicted molar refractivity (Wildman–Crippen MR) is 87.4 cm³/mol. The Balaban J connectivity index is 1.69. The normalized spacial score (nSPS) is 11.2. The monoisotopic (exact) mass is 375 g/mol. The van der Waals surface area contributed by atoms with Crippen molar-refractivity contribution in [3.63, 3.8) is 0 Å². The van der Waals surface area contributed by atoms with Gasteiger partial charge in [0.2, 0.25) is 0 Å². The van der Waals surface area contributed by atoms with Gasteiger partial charge < -0.3 is 9.47 Å². The first kappa shape index (κ1) is 17.7. The number of halogens is 1. The van der Waals surface area contributed by atoms with Crippen LogP contribution < -0.4 is 9.46 Å². The summed E-state index contributed by atoms with van der Waals surface area (Å²) >= 11 is 6.54. The van der Waals surface area contributed by atoms with Crippen molar-refractivity contribution in [2.45, 2.75) is 4.21 Å². The summed E-state index contributed by atoms with van der Waals surface area (Å²) in [4.78, 5) is 11.6. The summed E-state index contributed by atoms with van der Waals surface area (Å²) in [5.74, 6) is -0.0630. The first-order chi connectivity index (χ1) is 11.0. The van der Waals surface area contributed by atoms with Gasteiger partial charge in [-0.1, -0.05) is 29.8 Å². The first-order valence-electron chi connectivity index (χ1n) is 6.54. The Hall–Kier alpha value is -1.61. The van der Waals surface area contributed by atoms with Crippen LogP contribution in [0.25, 0.3) is 0 Å². The highest BCUT2D eigenvalue weighted by Crippen LogP contribution is 2.25. The van der Waals surface area contributed by atoms with E-state index in [1.165, 1.54) is 12.1 Å². The van der Waals surface area contributed by atoms with Crippen LogP contribution >= 0.6 is 22.9 Å². The molecule has 9 heteroatoms. The van der Waals surface area contributed by atoms with Crippen molar-refractivity contribution >= 4 is 38.9 Å². The van der Waals surface area contributed by atoms with Gasteiger partial charge in [-0.2, -0.15) is 0 Å². The summed E-state index contributed by atoms with van der Waals surface area (Å²) in [6.45, 7) is 0.0360. The number of rotatable bonds is 8. The molecule has 1 aromatic heterocycles. The number of sulfonamides is 1. The molecular weight excluding hydrogens is 362 g/mol. The van der Waals surface area contributed by atoms with Gasteiger partial charge in [0, 0.05) is 0 Å². The Kier molecular flexibility index (Phi) is 6.40. The van der Waals surface area contributed by atoms with Gasteiger partial charge in [-0.15, -0.1) is 11.3 Å². The van der Waals surface area contributed by atoms with E-state index in [-0.39, 0.29) is 24.0 Å². The molecule has 0 aliphatic heterocycles. The standard InChI is InChI=1S/C14H14ClNO5S2/c15-12-6-7-14(22-12)23(18,19)16-13(17)10-20-8-9-21-11-4-2-1-3-5-11/h1-7H,8-10H2,(H,16,17). The second-order valence-electron chi connectivity index (χ2n) is 4.30. The Bertz CT molecular complexity index is 746. The van der Waals surface area contributed by atoms with Crippen LogP contribution in [0.15, 0.2) is 46.7 Å². The maximum absolute atomic E-state index is 11.9. The van der Waals surface area contributed by atoms with Gasteiger partial charge >= 0.3 is 0 Å². The number of carbonyl (C=O) groups excluding carboxylic acids is 1. The van der Waals surface area contributed by atoms with E-state index < -0.39 is 15.9 Å². The van der Waals surface area contributed by atoms with Gasteiger partial charge in [0.05, 0.1) is 10.9 Å². The van der Waals surface area contributed by atoms with Crippen LogP contribution in [0.5, 0.6) is 5.75 Å². The van der Waals surface area contributed by atoms with Crippen molar-refractivity contribution in [3.05, 3.63) is 46.8 Å². The van der Waals surface area contributed by atoms with Crippen molar-refractivity contribution in [2.24, 2.45) is 0 Å². The van der Waals surface area contributed by atoms with Crippen LogP contribution in [0.3, 0.4) is 0 Å². The molecule has 0 radical (unpaired) electrons. The number of carbonyl (C=O) groups is 1. The number of hydrogen-bond acceptors (Lipinski definition) is 6. The molecule has 0 atom stereocenters. The van der Waals surface area contributed by atoms with Crippen molar-refractivity contribution in [3.8, 4) is 5.75 Å². The molecule has 1 amide bonds. The fourth-order valence-electron chi connectivity index (χ4n) is 1.57. The predicted octanol–water partition coefficient (Wildman–Crippen LogP) is 2.30. The summed E-state index contributed by atoms with van der Waals surface area (Å²) in [6.07, 6.45) is 0. The van der Waals surface area contributed by atoms with Crippen LogP contribution in [-0.2, 0) is 19.6 Å². The highest BCUT2D eigenvalue weighted by atomic mass is 35.5. The minimum Gasteiger partial charge on any atom is -0.491 e. The van der Waals surface area contributed by atoms with E-state index in [1.807, 2.05) is 22.9 Å². The van der Waals surface area contributed by atoms with Crippen LogP contribution in [0, 0.1) is 0 Å². The van der Waals surface area contributed by atoms with Gasteiger partial charge in [0.15, 0.2) is 0 Å². The molecule has 6 nitrogen and oxygen atoms in total. The van der Waals surface area contributed by atoms with Gasteiger partial charge in [0.1, 0.15) is 23.2 Å². The SMILES string of the molecule is O=C(COCCOc1ccccc1)NS(=O)(=O)c1ccc(Cl)s1. The fourth-order valence-corrected chi connectivity index (χ4v) is 4.03. The largest absolute Gasteiger partial charge is 0.491 e. The molecule has 0 fully saturated rings. The number of thiophene rings is 1. The van der Waals surface area contributed by atoms with Crippen molar-refractivity contribution in [1.29, 1.82) is 0 Å². The highest BCUT2D eigenvalue weighted by Gasteiger charge is 2.19. The van der Waals surface area contributed by atoms with Crippen LogP contribution in [0.2, 0.25) is 4.34 Å². The fraction of sp³-hybridized carbons (Fsp3) is 0.214. The van der Waals surface area contributed by atoms with Crippen LogP contribution in [0.4, 0.5) is 0 Å². The minimum atomic E-state index is -3.90. The van der Waals surface area contributed by atoms with E-state index in [0.717, 1.165) is 11.3 Å². The maximum atomic E-state index is 11.9. The highest BCUT2D eigenvalue weighted by molar-refractivity contribution is 7.92. The average Bonchev–Trinajstić information content (AvgIpc) is 2.95. The first-order valence-corrected chi connectivity index (χ1v) is 9.22. The smallest absolute Gasteiger partial charge is 0.273 e. The number of hydrogen-bond donors (Lipinski definition) is 1. The zero-order chi connectivity index (χ0) is 16.7. The molecule has 1 aromatic carbocycles. The topological polar surface area (TPSA) is 81.7 Å². The summed E-state index contributed by atoms with van der Waals surface area (Å²) < 4.78 is 36.4. The molecule has 2 aromatic rings. The van der Waals surface area contributed by atoms with Crippen LogP contribution in [-0.4, -0.2) is 34.1 Å². The number of benzene rings is 1. The molecule has 0 spiro atoms. The third-order valence-corrected chi connectivity index (χ3v) is 5.63. The molecular formula is C14H14ClNO5S2. The summed E-state index contributed by atoms with van der Waals surface area (Å²) in [5, 5.41) is 0. The Morgan fingerprint density at radius 2 is 1.87 bits per heavy atom. The molecule has 0 saturated heterocycles. The maximum Gasteiger partial charge on any atom is 0.273 e.